The molecule has 2 aromatic rings. The van der Waals surface area contributed by atoms with E-state index in [-0.39, 0.29) is 35.0 Å². The number of carbonyl (C=O) groups excluding carboxylic acids is 1. The molecule has 34 heavy (non-hydrogen) atoms. The molecule has 1 aromatic carbocycles. The summed E-state index contributed by atoms with van der Waals surface area (Å²) in [6.45, 7) is 6.49. The molecule has 0 radical (unpaired) electrons. The van der Waals surface area contributed by atoms with Crippen LogP contribution in [0.2, 0.25) is 5.02 Å². The first-order valence-corrected chi connectivity index (χ1v) is 13.4. The quantitative estimate of drug-likeness (QED) is 0.602. The molecule has 5 fully saturated rings. The summed E-state index contributed by atoms with van der Waals surface area (Å²) in [7, 11) is 0. The lowest BCUT2D eigenvalue weighted by molar-refractivity contribution is -0.128. The Balaban J connectivity index is 1.25. The van der Waals surface area contributed by atoms with Crippen LogP contribution in [-0.2, 0) is 10.3 Å². The molecule has 4 bridgehead atoms. The Labute approximate surface area is 208 Å². The number of hydrogen-bond acceptors (Lipinski definition) is 3. The van der Waals surface area contributed by atoms with Crippen LogP contribution in [0, 0.1) is 17.8 Å². The van der Waals surface area contributed by atoms with Gasteiger partial charge in [0.15, 0.2) is 0 Å². The van der Waals surface area contributed by atoms with E-state index in [4.69, 9.17) is 16.7 Å². The van der Waals surface area contributed by atoms with Crippen LogP contribution in [0.25, 0.3) is 0 Å². The van der Waals surface area contributed by atoms with Crippen LogP contribution in [0.4, 0.5) is 0 Å². The van der Waals surface area contributed by atoms with Gasteiger partial charge >= 0.3 is 0 Å². The van der Waals surface area contributed by atoms with Gasteiger partial charge in [-0.2, -0.15) is 5.10 Å². The Morgan fingerprint density at radius 1 is 1.03 bits per heavy atom. The third-order valence-electron chi connectivity index (χ3n) is 8.92. The summed E-state index contributed by atoms with van der Waals surface area (Å²) < 4.78 is 2.03. The molecular formula is C28H37ClN4O. The van der Waals surface area contributed by atoms with E-state index in [9.17, 15) is 4.79 Å². The summed E-state index contributed by atoms with van der Waals surface area (Å²) in [5.41, 5.74) is 2.17. The van der Waals surface area contributed by atoms with Gasteiger partial charge in [-0.15, -0.1) is 0 Å². The van der Waals surface area contributed by atoms with Gasteiger partial charge in [0, 0.05) is 28.7 Å². The summed E-state index contributed by atoms with van der Waals surface area (Å²) in [4.78, 5) is 13.7. The van der Waals surface area contributed by atoms with Crippen LogP contribution in [0.15, 0.2) is 36.5 Å². The van der Waals surface area contributed by atoms with E-state index >= 15 is 0 Å². The van der Waals surface area contributed by atoms with Crippen molar-refractivity contribution in [2.75, 3.05) is 0 Å². The van der Waals surface area contributed by atoms with Gasteiger partial charge in [0.05, 0.1) is 17.3 Å². The maximum absolute atomic E-state index is 13.7. The highest BCUT2D eigenvalue weighted by Crippen LogP contribution is 2.55. The van der Waals surface area contributed by atoms with Gasteiger partial charge in [-0.25, -0.2) is 0 Å². The van der Waals surface area contributed by atoms with Crippen LogP contribution in [0.1, 0.15) is 88.9 Å². The fraction of sp³-hybridized carbons (Fsp3) is 0.643. The fourth-order valence-electron chi connectivity index (χ4n) is 7.79. The third kappa shape index (κ3) is 4.09. The first kappa shape index (κ1) is 22.6. The van der Waals surface area contributed by atoms with Crippen molar-refractivity contribution in [2.24, 2.45) is 17.8 Å². The lowest BCUT2D eigenvalue weighted by atomic mass is 9.53. The van der Waals surface area contributed by atoms with Crippen LogP contribution >= 0.6 is 11.6 Å². The van der Waals surface area contributed by atoms with E-state index in [2.05, 4.69) is 55.8 Å². The number of nitrogens with zero attached hydrogens (tertiary/aromatic N) is 2. The second-order valence-electron chi connectivity index (χ2n) is 12.6. The standard InChI is InChI=1S/C28H37ClN4O/c1-27(2,3)33-9-8-23(32-33)22-13-24(30-25(22)20-4-6-21(29)7-5-20)26(34)31-28-14-17-10-18(15-28)12-19(11-17)16-28/h4-9,17-19,22,24-25,30H,10-16H2,1-3H3,(H,31,34)/t17?,18?,19?,22-,24-,25-,28?/m0/s1. The molecule has 6 heteroatoms. The minimum absolute atomic E-state index is 0.0349. The first-order valence-electron chi connectivity index (χ1n) is 13.1. The number of nitrogens with one attached hydrogen (secondary N) is 2. The van der Waals surface area contributed by atoms with Crippen molar-refractivity contribution in [2.45, 2.75) is 94.8 Å². The average Bonchev–Trinajstić information content (AvgIpc) is 3.40. The van der Waals surface area contributed by atoms with E-state index in [0.717, 1.165) is 40.5 Å². The maximum atomic E-state index is 13.7. The van der Waals surface area contributed by atoms with Gasteiger partial charge in [-0.1, -0.05) is 23.7 Å². The van der Waals surface area contributed by atoms with Gasteiger partial charge in [0.1, 0.15) is 0 Å². The van der Waals surface area contributed by atoms with Crippen molar-refractivity contribution in [3.05, 3.63) is 52.8 Å². The zero-order valence-electron chi connectivity index (χ0n) is 20.6. The molecule has 1 aromatic heterocycles. The summed E-state index contributed by atoms with van der Waals surface area (Å²) in [6, 6.07) is 9.98. The Bertz CT molecular complexity index is 1030. The zero-order chi connectivity index (χ0) is 23.7. The maximum Gasteiger partial charge on any atom is 0.237 e. The lowest BCUT2D eigenvalue weighted by Crippen LogP contribution is -2.62. The molecule has 2 N–H and O–H groups in total. The Hall–Kier alpha value is -1.85. The highest BCUT2D eigenvalue weighted by molar-refractivity contribution is 6.30. The highest BCUT2D eigenvalue weighted by Gasteiger charge is 2.52. The fourth-order valence-corrected chi connectivity index (χ4v) is 7.91. The van der Waals surface area contributed by atoms with Crippen LogP contribution in [0.3, 0.4) is 0 Å². The molecular weight excluding hydrogens is 444 g/mol. The van der Waals surface area contributed by atoms with Crippen molar-refractivity contribution in [3.8, 4) is 0 Å². The molecule has 4 aliphatic carbocycles. The Morgan fingerprint density at radius 2 is 1.65 bits per heavy atom. The number of carbonyl (C=O) groups is 1. The molecule has 7 rings (SSSR count). The second kappa shape index (κ2) is 8.09. The largest absolute Gasteiger partial charge is 0.349 e. The van der Waals surface area contributed by atoms with Gasteiger partial charge < -0.3 is 5.32 Å². The van der Waals surface area contributed by atoms with Crippen molar-refractivity contribution < 1.29 is 4.79 Å². The molecule has 2 heterocycles. The van der Waals surface area contributed by atoms with Crippen molar-refractivity contribution in [3.63, 3.8) is 0 Å². The van der Waals surface area contributed by atoms with E-state index in [1.54, 1.807) is 0 Å². The minimum atomic E-state index is -0.210. The predicted molar refractivity (Wildman–Crippen MR) is 135 cm³/mol. The molecule has 182 valence electrons. The smallest absolute Gasteiger partial charge is 0.237 e. The molecule has 1 aliphatic heterocycles. The first-order chi connectivity index (χ1) is 16.2. The minimum Gasteiger partial charge on any atom is -0.349 e. The van der Waals surface area contributed by atoms with Gasteiger partial charge in [-0.05, 0) is 107 Å². The van der Waals surface area contributed by atoms with Gasteiger partial charge in [0.25, 0.3) is 0 Å². The third-order valence-corrected chi connectivity index (χ3v) is 9.17. The number of aromatic nitrogens is 2. The van der Waals surface area contributed by atoms with Crippen LogP contribution in [0.5, 0.6) is 0 Å². The number of halogens is 1. The number of rotatable bonds is 4. The number of benzene rings is 1. The molecule has 3 atom stereocenters. The molecule has 0 unspecified atom stereocenters. The van der Waals surface area contributed by atoms with Crippen molar-refractivity contribution in [1.82, 2.24) is 20.4 Å². The molecule has 4 saturated carbocycles. The second-order valence-corrected chi connectivity index (χ2v) is 13.1. The predicted octanol–water partition coefficient (Wildman–Crippen LogP) is 5.56. The van der Waals surface area contributed by atoms with E-state index in [1.807, 2.05) is 16.8 Å². The SMILES string of the molecule is CC(C)(C)n1ccc([C@@H]2C[C@@H](C(=O)NC34CC5CC(CC(C5)C3)C4)N[C@H]2c2ccc(Cl)cc2)n1. The summed E-state index contributed by atoms with van der Waals surface area (Å²) >= 11 is 6.18. The zero-order valence-corrected chi connectivity index (χ0v) is 21.3. The Kier molecular flexibility index (Phi) is 5.38. The normalized spacial score (nSPS) is 36.7. The van der Waals surface area contributed by atoms with E-state index in [0.29, 0.717) is 0 Å². The summed E-state index contributed by atoms with van der Waals surface area (Å²) in [6.07, 6.45) is 10.5. The molecule has 0 spiro atoms. The van der Waals surface area contributed by atoms with Crippen LogP contribution < -0.4 is 10.6 Å². The topological polar surface area (TPSA) is 59.0 Å². The molecule has 5 aliphatic rings. The van der Waals surface area contributed by atoms with Crippen molar-refractivity contribution >= 4 is 17.5 Å². The van der Waals surface area contributed by atoms with Gasteiger partial charge in [0.2, 0.25) is 5.91 Å². The number of hydrogen-bond donors (Lipinski definition) is 2. The van der Waals surface area contributed by atoms with E-state index in [1.165, 1.54) is 38.5 Å². The molecule has 1 saturated heterocycles. The van der Waals surface area contributed by atoms with Gasteiger partial charge in [-0.3, -0.25) is 14.8 Å². The number of amides is 1. The van der Waals surface area contributed by atoms with Crippen molar-refractivity contribution in [1.29, 1.82) is 0 Å². The van der Waals surface area contributed by atoms with E-state index < -0.39 is 0 Å². The lowest BCUT2D eigenvalue weighted by Gasteiger charge is -2.57. The van der Waals surface area contributed by atoms with Crippen LogP contribution in [-0.4, -0.2) is 27.3 Å². The summed E-state index contributed by atoms with van der Waals surface area (Å²) in [5, 5.41) is 13.0. The monoisotopic (exact) mass is 480 g/mol. The summed E-state index contributed by atoms with van der Waals surface area (Å²) in [5.74, 6) is 2.77. The molecule has 5 nitrogen and oxygen atoms in total. The average molecular weight is 481 g/mol. The Morgan fingerprint density at radius 3 is 2.21 bits per heavy atom. The molecule has 1 amide bonds. The highest BCUT2D eigenvalue weighted by atomic mass is 35.5.